The predicted octanol–water partition coefficient (Wildman–Crippen LogP) is 3.89. The highest BCUT2D eigenvalue weighted by Gasteiger charge is 2.10. The van der Waals surface area contributed by atoms with Crippen LogP contribution in [0.2, 0.25) is 0 Å². The minimum absolute atomic E-state index is 0.177. The molecule has 1 N–H and O–H groups in total. The molecule has 4 rings (SSSR count). The first-order chi connectivity index (χ1) is 13.2. The van der Waals surface area contributed by atoms with Gasteiger partial charge in [0.25, 0.3) is 5.91 Å². The lowest BCUT2D eigenvalue weighted by Crippen LogP contribution is -2.12. The lowest BCUT2D eigenvalue weighted by Gasteiger charge is -2.08. The second-order valence-electron chi connectivity index (χ2n) is 5.87. The van der Waals surface area contributed by atoms with Crippen molar-refractivity contribution in [2.24, 2.45) is 0 Å². The number of aromatic nitrogens is 4. The second-order valence-corrected chi connectivity index (χ2v) is 6.83. The molecule has 8 heteroatoms. The van der Waals surface area contributed by atoms with Crippen molar-refractivity contribution in [2.75, 3.05) is 11.9 Å². The van der Waals surface area contributed by atoms with Gasteiger partial charge in [0.1, 0.15) is 17.1 Å². The molecule has 0 bridgehead atoms. The fourth-order valence-electron chi connectivity index (χ4n) is 2.52. The molecule has 0 spiro atoms. The number of carbonyl (C=O) groups excluding carboxylic acids is 1. The Balaban J connectivity index is 1.46. The van der Waals surface area contributed by atoms with Crippen molar-refractivity contribution >= 4 is 27.9 Å². The molecule has 0 saturated heterocycles. The Hall–Kier alpha value is -3.26. The largest absolute Gasteiger partial charge is 0.494 e. The maximum atomic E-state index is 12.5. The first-order valence-electron chi connectivity index (χ1n) is 8.54. The summed E-state index contributed by atoms with van der Waals surface area (Å²) >= 11 is 1.46. The summed E-state index contributed by atoms with van der Waals surface area (Å²) in [5, 5.41) is 16.0. The number of ether oxygens (including phenoxy) is 1. The van der Waals surface area contributed by atoms with Crippen LogP contribution in [-0.4, -0.2) is 32.3 Å². The summed E-state index contributed by atoms with van der Waals surface area (Å²) in [6.45, 7) is 2.67. The van der Waals surface area contributed by atoms with E-state index in [1.165, 1.54) is 11.3 Å². The number of rotatable bonds is 6. The van der Waals surface area contributed by atoms with Crippen LogP contribution in [0.3, 0.4) is 0 Å². The number of amides is 1. The molecule has 0 radical (unpaired) electrons. The van der Waals surface area contributed by atoms with Gasteiger partial charge < -0.3 is 10.1 Å². The van der Waals surface area contributed by atoms with E-state index in [1.807, 2.05) is 43.3 Å². The highest BCUT2D eigenvalue weighted by atomic mass is 32.1. The first-order valence-corrected chi connectivity index (χ1v) is 9.36. The van der Waals surface area contributed by atoms with Gasteiger partial charge in [-0.2, -0.15) is 9.61 Å². The second kappa shape index (κ2) is 7.55. The quantitative estimate of drug-likeness (QED) is 0.550. The summed E-state index contributed by atoms with van der Waals surface area (Å²) in [4.78, 5) is 13.2. The monoisotopic (exact) mass is 379 g/mol. The Morgan fingerprint density at radius 2 is 2.07 bits per heavy atom. The van der Waals surface area contributed by atoms with E-state index in [0.717, 1.165) is 22.0 Å². The van der Waals surface area contributed by atoms with Crippen molar-refractivity contribution in [3.8, 4) is 16.3 Å². The smallest absolute Gasteiger partial charge is 0.255 e. The van der Waals surface area contributed by atoms with Crippen molar-refractivity contribution in [1.82, 2.24) is 19.8 Å². The molecule has 0 atom stereocenters. The Labute approximate surface area is 159 Å². The molecule has 2 heterocycles. The summed E-state index contributed by atoms with van der Waals surface area (Å²) in [7, 11) is 0. The van der Waals surface area contributed by atoms with E-state index in [9.17, 15) is 4.79 Å². The molecule has 0 saturated carbocycles. The SMILES string of the molecule is CCCOc1cccc(C(=O)Nc2ccc(-c3nn4cnnc4s3)cc2)c1. The molecule has 0 aliphatic heterocycles. The van der Waals surface area contributed by atoms with Crippen molar-refractivity contribution in [3.63, 3.8) is 0 Å². The topological polar surface area (TPSA) is 81.4 Å². The maximum absolute atomic E-state index is 12.5. The third-order valence-corrected chi connectivity index (χ3v) is 4.81. The lowest BCUT2D eigenvalue weighted by atomic mass is 10.1. The van der Waals surface area contributed by atoms with Gasteiger partial charge in [0.05, 0.1) is 6.61 Å². The van der Waals surface area contributed by atoms with Crippen LogP contribution in [0.15, 0.2) is 54.9 Å². The number of nitrogens with one attached hydrogen (secondary N) is 1. The summed E-state index contributed by atoms with van der Waals surface area (Å²) in [5.41, 5.74) is 2.23. The van der Waals surface area contributed by atoms with Crippen molar-refractivity contribution in [1.29, 1.82) is 0 Å². The molecular weight excluding hydrogens is 362 g/mol. The Kier molecular flexibility index (Phi) is 4.80. The Bertz CT molecular complexity index is 1040. The third kappa shape index (κ3) is 3.80. The van der Waals surface area contributed by atoms with Gasteiger partial charge in [0, 0.05) is 16.8 Å². The highest BCUT2D eigenvalue weighted by Crippen LogP contribution is 2.26. The van der Waals surface area contributed by atoms with E-state index in [4.69, 9.17) is 4.74 Å². The van der Waals surface area contributed by atoms with Crippen LogP contribution in [0.4, 0.5) is 5.69 Å². The number of fused-ring (bicyclic) bond motifs is 1. The first kappa shape index (κ1) is 17.2. The van der Waals surface area contributed by atoms with E-state index in [2.05, 4.69) is 20.6 Å². The van der Waals surface area contributed by atoms with Crippen LogP contribution >= 0.6 is 11.3 Å². The van der Waals surface area contributed by atoms with Crippen molar-refractivity contribution < 1.29 is 9.53 Å². The average molecular weight is 379 g/mol. The molecule has 7 nitrogen and oxygen atoms in total. The molecule has 2 aromatic carbocycles. The van der Waals surface area contributed by atoms with Gasteiger partial charge in [-0.05, 0) is 48.9 Å². The fraction of sp³-hybridized carbons (Fsp3) is 0.158. The summed E-state index contributed by atoms with van der Waals surface area (Å²) in [6.07, 6.45) is 2.49. The Morgan fingerprint density at radius 1 is 1.22 bits per heavy atom. The standard InChI is InChI=1S/C19H17N5O2S/c1-2-10-26-16-5-3-4-14(11-16)17(25)21-15-8-6-13(7-9-15)18-23-24-12-20-22-19(24)27-18/h3-9,11-12H,2,10H2,1H3,(H,21,25). The minimum atomic E-state index is -0.177. The zero-order valence-corrected chi connectivity index (χ0v) is 15.4. The molecule has 136 valence electrons. The van der Waals surface area contributed by atoms with Gasteiger partial charge in [-0.1, -0.05) is 24.3 Å². The highest BCUT2D eigenvalue weighted by molar-refractivity contribution is 7.19. The number of benzene rings is 2. The zero-order chi connectivity index (χ0) is 18.6. The Morgan fingerprint density at radius 3 is 2.85 bits per heavy atom. The maximum Gasteiger partial charge on any atom is 0.255 e. The molecule has 4 aromatic rings. The normalized spacial score (nSPS) is 10.9. The molecule has 0 unspecified atom stereocenters. The van der Waals surface area contributed by atoms with Gasteiger partial charge in [0.15, 0.2) is 0 Å². The molecule has 0 aliphatic carbocycles. The number of hydrogen-bond donors (Lipinski definition) is 1. The molecule has 27 heavy (non-hydrogen) atoms. The van der Waals surface area contributed by atoms with E-state index < -0.39 is 0 Å². The average Bonchev–Trinajstić information content (AvgIpc) is 3.29. The number of nitrogens with zero attached hydrogens (tertiary/aromatic N) is 4. The molecular formula is C19H17N5O2S. The molecule has 1 amide bonds. The van der Waals surface area contributed by atoms with Crippen LogP contribution in [0.5, 0.6) is 5.75 Å². The number of anilines is 1. The van der Waals surface area contributed by atoms with E-state index in [1.54, 1.807) is 23.0 Å². The zero-order valence-electron chi connectivity index (χ0n) is 14.6. The van der Waals surface area contributed by atoms with E-state index in [0.29, 0.717) is 23.6 Å². The number of hydrogen-bond acceptors (Lipinski definition) is 6. The fourth-order valence-corrected chi connectivity index (χ4v) is 3.35. The summed E-state index contributed by atoms with van der Waals surface area (Å²) < 4.78 is 7.22. The van der Waals surface area contributed by atoms with Gasteiger partial charge >= 0.3 is 0 Å². The molecule has 0 aliphatic rings. The van der Waals surface area contributed by atoms with E-state index in [-0.39, 0.29) is 5.91 Å². The molecule has 2 aromatic heterocycles. The molecule has 0 fully saturated rings. The van der Waals surface area contributed by atoms with Crippen molar-refractivity contribution in [2.45, 2.75) is 13.3 Å². The van der Waals surface area contributed by atoms with Crippen molar-refractivity contribution in [3.05, 3.63) is 60.4 Å². The van der Waals surface area contributed by atoms with Crippen LogP contribution in [-0.2, 0) is 0 Å². The minimum Gasteiger partial charge on any atom is -0.494 e. The van der Waals surface area contributed by atoms with Crippen LogP contribution in [0.1, 0.15) is 23.7 Å². The summed E-state index contributed by atoms with van der Waals surface area (Å²) in [5.74, 6) is 0.520. The van der Waals surface area contributed by atoms with Gasteiger partial charge in [0.2, 0.25) is 4.96 Å². The predicted molar refractivity (Wildman–Crippen MR) is 104 cm³/mol. The lowest BCUT2D eigenvalue weighted by molar-refractivity contribution is 0.102. The van der Waals surface area contributed by atoms with Gasteiger partial charge in [-0.3, -0.25) is 4.79 Å². The number of carbonyl (C=O) groups is 1. The summed E-state index contributed by atoms with van der Waals surface area (Å²) in [6, 6.07) is 14.7. The van der Waals surface area contributed by atoms with E-state index >= 15 is 0 Å². The van der Waals surface area contributed by atoms with Gasteiger partial charge in [-0.25, -0.2) is 0 Å². The van der Waals surface area contributed by atoms with Crippen LogP contribution < -0.4 is 10.1 Å². The third-order valence-electron chi connectivity index (χ3n) is 3.85. The van der Waals surface area contributed by atoms with Gasteiger partial charge in [-0.15, -0.1) is 10.2 Å². The van der Waals surface area contributed by atoms with Crippen LogP contribution in [0, 0.1) is 0 Å². The van der Waals surface area contributed by atoms with Crippen LogP contribution in [0.25, 0.3) is 15.5 Å².